The maximum atomic E-state index is 13.2. The lowest BCUT2D eigenvalue weighted by Gasteiger charge is -2.21. The Labute approximate surface area is 107 Å². The van der Waals surface area contributed by atoms with Crippen molar-refractivity contribution in [3.8, 4) is 6.07 Å². The van der Waals surface area contributed by atoms with E-state index in [1.54, 1.807) is 7.11 Å². The highest BCUT2D eigenvalue weighted by molar-refractivity contribution is 5.79. The first-order valence-corrected chi connectivity index (χ1v) is 6.14. The number of likely N-dealkylation sites (tertiary alicyclic amines) is 1. The zero-order chi connectivity index (χ0) is 13.5. The monoisotopic (exact) mass is 257 g/mol. The fraction of sp³-hybridized carbons (Fsp3) is 0.833. The predicted molar refractivity (Wildman–Crippen MR) is 64.6 cm³/mol. The average Bonchev–Trinajstić information content (AvgIpc) is 2.74. The van der Waals surface area contributed by atoms with Gasteiger partial charge in [0.2, 0.25) is 5.91 Å². The summed E-state index contributed by atoms with van der Waals surface area (Å²) < 4.78 is 18.1. The first-order chi connectivity index (χ1) is 8.58. The first-order valence-electron chi connectivity index (χ1n) is 6.14. The van der Waals surface area contributed by atoms with Crippen LogP contribution in [0.2, 0.25) is 0 Å². The van der Waals surface area contributed by atoms with Crippen molar-refractivity contribution in [2.24, 2.45) is 0 Å². The molecule has 0 bridgehead atoms. The van der Waals surface area contributed by atoms with E-state index in [9.17, 15) is 9.18 Å². The molecule has 0 aromatic rings. The highest BCUT2D eigenvalue weighted by Gasteiger charge is 2.35. The number of ether oxygens (including phenoxy) is 1. The fourth-order valence-electron chi connectivity index (χ4n) is 1.94. The number of nitriles is 1. The molecule has 1 fully saturated rings. The van der Waals surface area contributed by atoms with Gasteiger partial charge >= 0.3 is 0 Å². The molecule has 18 heavy (non-hydrogen) atoms. The van der Waals surface area contributed by atoms with E-state index < -0.39 is 12.2 Å². The van der Waals surface area contributed by atoms with Crippen molar-refractivity contribution in [1.29, 1.82) is 5.26 Å². The lowest BCUT2D eigenvalue weighted by Crippen LogP contribution is -2.43. The Morgan fingerprint density at radius 1 is 1.72 bits per heavy atom. The highest BCUT2D eigenvalue weighted by atomic mass is 19.1. The fourth-order valence-corrected chi connectivity index (χ4v) is 1.94. The van der Waals surface area contributed by atoms with Crippen LogP contribution in [0.25, 0.3) is 0 Å². The number of nitrogens with one attached hydrogen (secondary N) is 1. The molecule has 0 unspecified atom stereocenters. The van der Waals surface area contributed by atoms with Crippen molar-refractivity contribution in [2.45, 2.75) is 38.0 Å². The van der Waals surface area contributed by atoms with Crippen LogP contribution in [-0.2, 0) is 9.53 Å². The predicted octanol–water partition coefficient (Wildman–Crippen LogP) is 0.464. The van der Waals surface area contributed by atoms with Crippen molar-refractivity contribution in [1.82, 2.24) is 10.2 Å². The summed E-state index contributed by atoms with van der Waals surface area (Å²) >= 11 is 0. The summed E-state index contributed by atoms with van der Waals surface area (Å²) in [4.78, 5) is 13.2. The van der Waals surface area contributed by atoms with Crippen molar-refractivity contribution in [3.05, 3.63) is 0 Å². The van der Waals surface area contributed by atoms with Crippen LogP contribution in [0.5, 0.6) is 0 Å². The summed E-state index contributed by atoms with van der Waals surface area (Å²) in [5.41, 5.74) is 0. The number of halogens is 1. The quantitative estimate of drug-likeness (QED) is 0.751. The molecule has 1 aliphatic rings. The van der Waals surface area contributed by atoms with Gasteiger partial charge in [-0.2, -0.15) is 5.26 Å². The summed E-state index contributed by atoms with van der Waals surface area (Å²) in [6, 6.07) is 1.49. The maximum absolute atomic E-state index is 13.2. The molecule has 102 valence electrons. The van der Waals surface area contributed by atoms with Crippen LogP contribution in [0, 0.1) is 11.3 Å². The zero-order valence-electron chi connectivity index (χ0n) is 10.9. The molecule has 1 N–H and O–H groups in total. The number of amides is 1. The first kappa shape index (κ1) is 14.9. The molecule has 1 aliphatic heterocycles. The Balaban J connectivity index is 2.34. The molecule has 1 rings (SSSR count). The molecule has 0 spiro atoms. The van der Waals surface area contributed by atoms with E-state index in [1.807, 2.05) is 13.0 Å². The summed E-state index contributed by atoms with van der Waals surface area (Å²) in [6.07, 6.45) is -0.150. The molecule has 0 aromatic carbocycles. The third-order valence-corrected chi connectivity index (χ3v) is 3.08. The SMILES string of the molecule is COCC[C@H](C)NCC(=O)N1C[C@@H](F)C[C@H]1C#N. The van der Waals surface area contributed by atoms with Gasteiger partial charge in [0, 0.05) is 26.2 Å². The van der Waals surface area contributed by atoms with E-state index in [0.29, 0.717) is 6.61 Å². The molecule has 5 nitrogen and oxygen atoms in total. The van der Waals surface area contributed by atoms with Gasteiger partial charge in [0.25, 0.3) is 0 Å². The molecule has 0 aliphatic carbocycles. The lowest BCUT2D eigenvalue weighted by molar-refractivity contribution is -0.130. The summed E-state index contributed by atoms with van der Waals surface area (Å²) in [7, 11) is 1.63. The number of nitrogens with zero attached hydrogens (tertiary/aromatic N) is 2. The lowest BCUT2D eigenvalue weighted by atomic mass is 10.2. The van der Waals surface area contributed by atoms with Crippen LogP contribution in [0.15, 0.2) is 0 Å². The van der Waals surface area contributed by atoms with Gasteiger partial charge in [-0.25, -0.2) is 4.39 Å². The van der Waals surface area contributed by atoms with Crippen molar-refractivity contribution < 1.29 is 13.9 Å². The van der Waals surface area contributed by atoms with E-state index in [1.165, 1.54) is 4.90 Å². The highest BCUT2D eigenvalue weighted by Crippen LogP contribution is 2.19. The molecule has 0 saturated carbocycles. The molecule has 0 aromatic heterocycles. The standard InChI is InChI=1S/C12H20FN3O2/c1-9(3-4-18-2)15-7-12(17)16-8-10(13)5-11(16)6-14/h9-11,15H,3-5,7-8H2,1-2H3/t9-,10-,11-/m0/s1. The number of alkyl halides is 1. The topological polar surface area (TPSA) is 65.4 Å². The van der Waals surface area contributed by atoms with Gasteiger partial charge in [0.15, 0.2) is 0 Å². The minimum absolute atomic E-state index is 0.0329. The van der Waals surface area contributed by atoms with Crippen molar-refractivity contribution in [3.63, 3.8) is 0 Å². The number of hydrogen-bond donors (Lipinski definition) is 1. The molecule has 6 heteroatoms. The van der Waals surface area contributed by atoms with Crippen LogP contribution in [-0.4, -0.2) is 55.9 Å². The second-order valence-electron chi connectivity index (χ2n) is 4.59. The number of methoxy groups -OCH3 is 1. The number of carbonyl (C=O) groups is 1. The Bertz CT molecular complexity index is 319. The Kier molecular flexibility index (Phi) is 6.02. The normalized spacial score (nSPS) is 24.9. The summed E-state index contributed by atoms with van der Waals surface area (Å²) in [5.74, 6) is -0.217. The van der Waals surface area contributed by atoms with Gasteiger partial charge < -0.3 is 15.0 Å². The van der Waals surface area contributed by atoms with Gasteiger partial charge in [-0.05, 0) is 13.3 Å². The molecular formula is C12H20FN3O2. The molecule has 0 radical (unpaired) electrons. The van der Waals surface area contributed by atoms with Crippen LogP contribution < -0.4 is 5.32 Å². The smallest absolute Gasteiger partial charge is 0.237 e. The third-order valence-electron chi connectivity index (χ3n) is 3.08. The van der Waals surface area contributed by atoms with E-state index in [0.717, 1.165) is 6.42 Å². The summed E-state index contributed by atoms with van der Waals surface area (Å²) in [5, 5.41) is 11.9. The Morgan fingerprint density at radius 2 is 2.44 bits per heavy atom. The van der Waals surface area contributed by atoms with E-state index >= 15 is 0 Å². The molecular weight excluding hydrogens is 237 g/mol. The zero-order valence-corrected chi connectivity index (χ0v) is 10.9. The Morgan fingerprint density at radius 3 is 3.06 bits per heavy atom. The van der Waals surface area contributed by atoms with Gasteiger partial charge in [-0.3, -0.25) is 4.79 Å². The van der Waals surface area contributed by atoms with E-state index in [2.05, 4.69) is 5.32 Å². The van der Waals surface area contributed by atoms with Gasteiger partial charge in [0.1, 0.15) is 12.2 Å². The van der Waals surface area contributed by atoms with E-state index in [-0.39, 0.29) is 31.5 Å². The maximum Gasteiger partial charge on any atom is 0.237 e. The number of carbonyl (C=O) groups excluding carboxylic acids is 1. The summed E-state index contributed by atoms with van der Waals surface area (Å²) in [6.45, 7) is 2.75. The van der Waals surface area contributed by atoms with Gasteiger partial charge in [0.05, 0.1) is 19.2 Å². The van der Waals surface area contributed by atoms with E-state index in [4.69, 9.17) is 10.00 Å². The molecule has 3 atom stereocenters. The molecule has 1 saturated heterocycles. The van der Waals surface area contributed by atoms with Crippen LogP contribution in [0.3, 0.4) is 0 Å². The second-order valence-corrected chi connectivity index (χ2v) is 4.59. The number of rotatable bonds is 6. The van der Waals surface area contributed by atoms with Crippen molar-refractivity contribution in [2.75, 3.05) is 26.8 Å². The Hall–Kier alpha value is -1.19. The third kappa shape index (κ3) is 4.24. The molecule has 1 amide bonds. The van der Waals surface area contributed by atoms with Crippen LogP contribution >= 0.6 is 0 Å². The second kappa shape index (κ2) is 7.29. The van der Waals surface area contributed by atoms with Gasteiger partial charge in [-0.15, -0.1) is 0 Å². The molecule has 1 heterocycles. The number of hydrogen-bond acceptors (Lipinski definition) is 4. The minimum atomic E-state index is -1.08. The van der Waals surface area contributed by atoms with Gasteiger partial charge in [-0.1, -0.05) is 0 Å². The van der Waals surface area contributed by atoms with Crippen LogP contribution in [0.1, 0.15) is 19.8 Å². The van der Waals surface area contributed by atoms with Crippen LogP contribution in [0.4, 0.5) is 4.39 Å². The van der Waals surface area contributed by atoms with Crippen molar-refractivity contribution >= 4 is 5.91 Å². The largest absolute Gasteiger partial charge is 0.385 e. The average molecular weight is 257 g/mol. The minimum Gasteiger partial charge on any atom is -0.385 e.